The van der Waals surface area contributed by atoms with Crippen LogP contribution in [0.3, 0.4) is 0 Å². The standard InChI is InChI=1S/C15H15BrClNS/c1-2-18-10-11-6-7-14(9-15(11)17)19-13-5-3-4-12(16)8-13/h3-9,18H,2,10H2,1H3. The van der Waals surface area contributed by atoms with Gasteiger partial charge < -0.3 is 5.32 Å². The smallest absolute Gasteiger partial charge is 0.0462 e. The molecule has 0 saturated heterocycles. The molecule has 2 aromatic carbocycles. The van der Waals surface area contributed by atoms with Crippen LogP contribution in [0.1, 0.15) is 12.5 Å². The summed E-state index contributed by atoms with van der Waals surface area (Å²) in [7, 11) is 0. The third-order valence-electron chi connectivity index (χ3n) is 2.62. The summed E-state index contributed by atoms with van der Waals surface area (Å²) in [6.45, 7) is 3.85. The van der Waals surface area contributed by atoms with Crippen molar-refractivity contribution >= 4 is 39.3 Å². The summed E-state index contributed by atoms with van der Waals surface area (Å²) in [6.07, 6.45) is 0. The zero-order valence-electron chi connectivity index (χ0n) is 10.6. The first-order valence-corrected chi connectivity index (χ1v) is 8.10. The summed E-state index contributed by atoms with van der Waals surface area (Å²) in [5.41, 5.74) is 1.14. The fourth-order valence-corrected chi connectivity index (χ4v) is 3.44. The first kappa shape index (κ1) is 14.9. The van der Waals surface area contributed by atoms with Crippen molar-refractivity contribution in [2.24, 2.45) is 0 Å². The van der Waals surface area contributed by atoms with E-state index < -0.39 is 0 Å². The lowest BCUT2D eigenvalue weighted by Gasteiger charge is -2.08. The van der Waals surface area contributed by atoms with Gasteiger partial charge in [-0.15, -0.1) is 0 Å². The van der Waals surface area contributed by atoms with Crippen LogP contribution in [0.25, 0.3) is 0 Å². The fraction of sp³-hybridized carbons (Fsp3) is 0.200. The van der Waals surface area contributed by atoms with Gasteiger partial charge in [-0.25, -0.2) is 0 Å². The minimum Gasteiger partial charge on any atom is -0.313 e. The summed E-state index contributed by atoms with van der Waals surface area (Å²) in [5.74, 6) is 0. The van der Waals surface area contributed by atoms with Crippen LogP contribution in [0.5, 0.6) is 0 Å². The van der Waals surface area contributed by atoms with Crippen LogP contribution in [-0.2, 0) is 6.54 Å². The zero-order valence-corrected chi connectivity index (χ0v) is 13.8. The number of hydrogen-bond donors (Lipinski definition) is 1. The van der Waals surface area contributed by atoms with Gasteiger partial charge in [0.15, 0.2) is 0 Å². The minimum atomic E-state index is 0.817. The van der Waals surface area contributed by atoms with Crippen molar-refractivity contribution in [3.63, 3.8) is 0 Å². The van der Waals surface area contributed by atoms with Crippen molar-refractivity contribution in [2.45, 2.75) is 23.3 Å². The van der Waals surface area contributed by atoms with Gasteiger partial charge in [-0.2, -0.15) is 0 Å². The van der Waals surface area contributed by atoms with E-state index in [-0.39, 0.29) is 0 Å². The largest absolute Gasteiger partial charge is 0.313 e. The van der Waals surface area contributed by atoms with Crippen LogP contribution >= 0.6 is 39.3 Å². The molecule has 0 amide bonds. The maximum atomic E-state index is 6.30. The lowest BCUT2D eigenvalue weighted by molar-refractivity contribution is 0.726. The van der Waals surface area contributed by atoms with Gasteiger partial charge in [-0.1, -0.05) is 58.3 Å². The monoisotopic (exact) mass is 355 g/mol. The highest BCUT2D eigenvalue weighted by atomic mass is 79.9. The van der Waals surface area contributed by atoms with Crippen LogP contribution in [0.4, 0.5) is 0 Å². The molecule has 0 unspecified atom stereocenters. The Morgan fingerprint density at radius 3 is 2.63 bits per heavy atom. The summed E-state index contributed by atoms with van der Waals surface area (Å²) < 4.78 is 1.09. The van der Waals surface area contributed by atoms with Crippen LogP contribution in [-0.4, -0.2) is 6.54 Å². The molecule has 0 bridgehead atoms. The topological polar surface area (TPSA) is 12.0 Å². The predicted octanol–water partition coefficient (Wildman–Crippen LogP) is 5.36. The number of hydrogen-bond acceptors (Lipinski definition) is 2. The van der Waals surface area contributed by atoms with Crippen molar-refractivity contribution in [1.82, 2.24) is 5.32 Å². The van der Waals surface area contributed by atoms with E-state index in [0.29, 0.717) is 0 Å². The molecule has 0 saturated carbocycles. The van der Waals surface area contributed by atoms with Gasteiger partial charge in [0, 0.05) is 25.8 Å². The van der Waals surface area contributed by atoms with Crippen molar-refractivity contribution in [1.29, 1.82) is 0 Å². The molecule has 0 fully saturated rings. The van der Waals surface area contributed by atoms with Crippen LogP contribution in [0.2, 0.25) is 5.02 Å². The molecule has 2 rings (SSSR count). The Bertz CT molecular complexity index is 560. The van der Waals surface area contributed by atoms with Crippen molar-refractivity contribution in [3.8, 4) is 0 Å². The van der Waals surface area contributed by atoms with Crippen LogP contribution in [0, 0.1) is 0 Å². The van der Waals surface area contributed by atoms with Crippen molar-refractivity contribution in [3.05, 3.63) is 57.5 Å². The molecule has 0 atom stereocenters. The first-order valence-electron chi connectivity index (χ1n) is 6.11. The summed E-state index contributed by atoms with van der Waals surface area (Å²) in [5, 5.41) is 4.10. The summed E-state index contributed by atoms with van der Waals surface area (Å²) >= 11 is 11.5. The average Bonchev–Trinajstić information content (AvgIpc) is 2.38. The molecule has 0 aliphatic heterocycles. The van der Waals surface area contributed by atoms with E-state index >= 15 is 0 Å². The summed E-state index contributed by atoms with van der Waals surface area (Å²) in [4.78, 5) is 2.35. The highest BCUT2D eigenvalue weighted by Gasteiger charge is 2.03. The van der Waals surface area contributed by atoms with E-state index in [1.165, 1.54) is 4.90 Å². The third kappa shape index (κ3) is 4.53. The van der Waals surface area contributed by atoms with Crippen LogP contribution < -0.4 is 5.32 Å². The van der Waals surface area contributed by atoms with E-state index in [4.69, 9.17) is 11.6 Å². The lowest BCUT2D eigenvalue weighted by Crippen LogP contribution is -2.11. The second-order valence-corrected chi connectivity index (χ2v) is 6.56. The van der Waals surface area contributed by atoms with Crippen LogP contribution in [0.15, 0.2) is 56.7 Å². The van der Waals surface area contributed by atoms with E-state index in [9.17, 15) is 0 Å². The van der Waals surface area contributed by atoms with E-state index in [1.54, 1.807) is 11.8 Å². The molecule has 0 aliphatic rings. The molecule has 0 aromatic heterocycles. The van der Waals surface area contributed by atoms with Gasteiger partial charge in [0.1, 0.15) is 0 Å². The Labute approximate surface area is 131 Å². The van der Waals surface area contributed by atoms with Crippen molar-refractivity contribution < 1.29 is 0 Å². The highest BCUT2D eigenvalue weighted by Crippen LogP contribution is 2.32. The lowest BCUT2D eigenvalue weighted by atomic mass is 10.2. The molecule has 4 heteroatoms. The Hall–Kier alpha value is -0.480. The molecule has 0 heterocycles. The Morgan fingerprint density at radius 2 is 1.95 bits per heavy atom. The minimum absolute atomic E-state index is 0.817. The molecular formula is C15H15BrClNS. The zero-order chi connectivity index (χ0) is 13.7. The molecule has 0 spiro atoms. The first-order chi connectivity index (χ1) is 9.19. The van der Waals surface area contributed by atoms with Gasteiger partial charge in [0.25, 0.3) is 0 Å². The molecule has 1 nitrogen and oxygen atoms in total. The van der Waals surface area contributed by atoms with E-state index in [2.05, 4.69) is 52.4 Å². The SMILES string of the molecule is CCNCc1ccc(Sc2cccc(Br)c2)cc1Cl. The van der Waals surface area contributed by atoms with Gasteiger partial charge in [-0.05, 0) is 42.4 Å². The van der Waals surface area contributed by atoms with E-state index in [1.807, 2.05) is 18.2 Å². The average molecular weight is 357 g/mol. The number of benzene rings is 2. The number of halogens is 2. The maximum Gasteiger partial charge on any atom is 0.0462 e. The number of nitrogens with one attached hydrogen (secondary N) is 1. The molecule has 0 aliphatic carbocycles. The third-order valence-corrected chi connectivity index (χ3v) is 4.45. The molecule has 19 heavy (non-hydrogen) atoms. The second kappa shape index (κ2) is 7.34. The Kier molecular flexibility index (Phi) is 5.76. The van der Waals surface area contributed by atoms with Gasteiger partial charge >= 0.3 is 0 Å². The van der Waals surface area contributed by atoms with Gasteiger partial charge in [-0.3, -0.25) is 0 Å². The predicted molar refractivity (Wildman–Crippen MR) is 87.1 cm³/mol. The second-order valence-electron chi connectivity index (χ2n) is 4.09. The molecule has 2 aromatic rings. The van der Waals surface area contributed by atoms with Crippen molar-refractivity contribution in [2.75, 3.05) is 6.54 Å². The summed E-state index contributed by atoms with van der Waals surface area (Å²) in [6, 6.07) is 14.5. The Morgan fingerprint density at radius 1 is 1.16 bits per heavy atom. The van der Waals surface area contributed by atoms with E-state index in [0.717, 1.165) is 33.0 Å². The fourth-order valence-electron chi connectivity index (χ4n) is 1.66. The molecular weight excluding hydrogens is 342 g/mol. The highest BCUT2D eigenvalue weighted by molar-refractivity contribution is 9.10. The normalized spacial score (nSPS) is 10.7. The molecule has 0 radical (unpaired) electrons. The van der Waals surface area contributed by atoms with Gasteiger partial charge in [0.05, 0.1) is 0 Å². The molecule has 1 N–H and O–H groups in total. The quantitative estimate of drug-likeness (QED) is 0.773. The number of rotatable bonds is 5. The Balaban J connectivity index is 2.11. The molecule has 100 valence electrons. The van der Waals surface area contributed by atoms with Gasteiger partial charge in [0.2, 0.25) is 0 Å². The maximum absolute atomic E-state index is 6.30.